The summed E-state index contributed by atoms with van der Waals surface area (Å²) in [5.41, 5.74) is 1.68. The smallest absolute Gasteiger partial charge is 0.293 e. The van der Waals surface area contributed by atoms with E-state index in [9.17, 15) is 9.59 Å². The Balaban J connectivity index is 1.54. The van der Waals surface area contributed by atoms with Crippen molar-refractivity contribution < 1.29 is 14.0 Å². The molecule has 0 bridgehead atoms. The monoisotopic (exact) mass is 521 g/mol. The van der Waals surface area contributed by atoms with Gasteiger partial charge in [-0.2, -0.15) is 0 Å². The van der Waals surface area contributed by atoms with Gasteiger partial charge < -0.3 is 4.42 Å². The van der Waals surface area contributed by atoms with Crippen LogP contribution in [0.2, 0.25) is 5.02 Å². The predicted molar refractivity (Wildman–Crippen MR) is 120 cm³/mol. The number of hydrogen-bond donors (Lipinski definition) is 0. The maximum absolute atomic E-state index is 12.7. The van der Waals surface area contributed by atoms with Crippen molar-refractivity contribution >= 4 is 63.2 Å². The maximum atomic E-state index is 12.7. The number of furan rings is 1. The Morgan fingerprint density at radius 2 is 1.79 bits per heavy atom. The number of amides is 2. The van der Waals surface area contributed by atoms with Gasteiger partial charge >= 0.3 is 0 Å². The molecule has 2 aromatic carbocycles. The van der Waals surface area contributed by atoms with E-state index in [4.69, 9.17) is 16.0 Å². The Kier molecular flexibility index (Phi) is 5.61. The van der Waals surface area contributed by atoms with Crippen molar-refractivity contribution in [3.05, 3.63) is 85.5 Å². The van der Waals surface area contributed by atoms with Gasteiger partial charge in [-0.15, -0.1) is 0 Å². The number of imide groups is 1. The summed E-state index contributed by atoms with van der Waals surface area (Å²) < 4.78 is 6.91. The van der Waals surface area contributed by atoms with Crippen molar-refractivity contribution in [2.75, 3.05) is 0 Å². The lowest BCUT2D eigenvalue weighted by atomic mass is 10.2. The van der Waals surface area contributed by atoms with Crippen LogP contribution in [0.5, 0.6) is 0 Å². The van der Waals surface area contributed by atoms with E-state index >= 15 is 0 Å². The molecule has 7 heteroatoms. The number of carbonyl (C=O) groups is 2. The van der Waals surface area contributed by atoms with Crippen LogP contribution in [-0.2, 0) is 11.3 Å². The van der Waals surface area contributed by atoms with Crippen molar-refractivity contribution in [3.63, 3.8) is 0 Å². The van der Waals surface area contributed by atoms with E-state index in [1.54, 1.807) is 24.3 Å². The lowest BCUT2D eigenvalue weighted by Gasteiger charge is -2.12. The second-order valence-electron chi connectivity index (χ2n) is 6.08. The molecule has 0 atom stereocenters. The van der Waals surface area contributed by atoms with Crippen LogP contribution in [0.25, 0.3) is 17.4 Å². The molecule has 1 aliphatic heterocycles. The molecule has 1 aromatic heterocycles. The molecule has 0 unspecified atom stereocenters. The van der Waals surface area contributed by atoms with E-state index in [0.29, 0.717) is 21.4 Å². The quantitative estimate of drug-likeness (QED) is 0.293. The molecule has 1 saturated heterocycles. The standard InChI is InChI=1S/C21H13ClINO3S/c22-17-4-2-1-3-16(17)18-10-9-15(27-18)11-19-20(25)24(21(26)28-19)12-13-5-7-14(23)8-6-13/h1-11H,12H2/b19-11-. The molecule has 0 saturated carbocycles. The maximum Gasteiger partial charge on any atom is 0.293 e. The zero-order valence-electron chi connectivity index (χ0n) is 14.4. The molecule has 2 heterocycles. The summed E-state index contributed by atoms with van der Waals surface area (Å²) in [4.78, 5) is 26.6. The Labute approximate surface area is 184 Å². The Morgan fingerprint density at radius 1 is 1.04 bits per heavy atom. The third-order valence-electron chi connectivity index (χ3n) is 4.17. The van der Waals surface area contributed by atoms with Gasteiger partial charge in [0.25, 0.3) is 11.1 Å². The summed E-state index contributed by atoms with van der Waals surface area (Å²) in [6.07, 6.45) is 1.60. The fourth-order valence-electron chi connectivity index (χ4n) is 2.77. The minimum atomic E-state index is -0.316. The summed E-state index contributed by atoms with van der Waals surface area (Å²) in [6.45, 7) is 0.252. The minimum absolute atomic E-state index is 0.252. The average Bonchev–Trinajstić information content (AvgIpc) is 3.24. The van der Waals surface area contributed by atoms with Gasteiger partial charge in [0.15, 0.2) is 0 Å². The summed E-state index contributed by atoms with van der Waals surface area (Å²) in [5.74, 6) is 0.786. The second kappa shape index (κ2) is 8.14. The highest BCUT2D eigenvalue weighted by molar-refractivity contribution is 14.1. The molecule has 2 amide bonds. The molecule has 4 rings (SSSR count). The van der Waals surface area contributed by atoms with Crippen molar-refractivity contribution in [1.29, 1.82) is 0 Å². The molecule has 0 N–H and O–H groups in total. The number of benzene rings is 2. The summed E-state index contributed by atoms with van der Waals surface area (Å²) >= 11 is 9.33. The van der Waals surface area contributed by atoms with Crippen LogP contribution in [0.1, 0.15) is 11.3 Å². The zero-order valence-corrected chi connectivity index (χ0v) is 18.1. The fourth-order valence-corrected chi connectivity index (χ4v) is 4.18. The first-order valence-corrected chi connectivity index (χ1v) is 10.6. The van der Waals surface area contributed by atoms with Crippen LogP contribution in [0.3, 0.4) is 0 Å². The number of halogens is 2. The molecule has 1 aliphatic rings. The van der Waals surface area contributed by atoms with Gasteiger partial charge in [-0.05, 0) is 76.3 Å². The average molecular weight is 522 g/mol. The van der Waals surface area contributed by atoms with Crippen LogP contribution in [0.15, 0.2) is 70.0 Å². The van der Waals surface area contributed by atoms with Crippen LogP contribution in [0, 0.1) is 3.57 Å². The molecular formula is C21H13ClINO3S. The number of nitrogens with zero attached hydrogens (tertiary/aromatic N) is 1. The molecule has 0 radical (unpaired) electrons. The largest absolute Gasteiger partial charge is 0.457 e. The predicted octanol–water partition coefficient (Wildman–Crippen LogP) is 6.44. The normalized spacial score (nSPS) is 15.6. The van der Waals surface area contributed by atoms with Gasteiger partial charge in [-0.25, -0.2) is 0 Å². The van der Waals surface area contributed by atoms with E-state index in [1.807, 2.05) is 42.5 Å². The van der Waals surface area contributed by atoms with E-state index in [2.05, 4.69) is 22.6 Å². The van der Waals surface area contributed by atoms with Crippen LogP contribution < -0.4 is 0 Å². The van der Waals surface area contributed by atoms with Gasteiger partial charge in [0.05, 0.1) is 16.5 Å². The van der Waals surface area contributed by atoms with E-state index in [1.165, 1.54) is 4.90 Å². The number of hydrogen-bond acceptors (Lipinski definition) is 4. The first-order chi connectivity index (χ1) is 13.5. The zero-order chi connectivity index (χ0) is 19.7. The van der Waals surface area contributed by atoms with E-state index in [-0.39, 0.29) is 17.7 Å². The highest BCUT2D eigenvalue weighted by Crippen LogP contribution is 2.35. The van der Waals surface area contributed by atoms with Crippen LogP contribution in [0.4, 0.5) is 4.79 Å². The van der Waals surface area contributed by atoms with Gasteiger partial charge in [0, 0.05) is 15.2 Å². The van der Waals surface area contributed by atoms with Crippen molar-refractivity contribution in [1.82, 2.24) is 4.90 Å². The third kappa shape index (κ3) is 4.04. The lowest BCUT2D eigenvalue weighted by Crippen LogP contribution is -2.27. The van der Waals surface area contributed by atoms with Gasteiger partial charge in [-0.1, -0.05) is 35.9 Å². The number of carbonyl (C=O) groups excluding carboxylic acids is 2. The highest BCUT2D eigenvalue weighted by atomic mass is 127. The summed E-state index contributed by atoms with van der Waals surface area (Å²) in [7, 11) is 0. The van der Waals surface area contributed by atoms with Crippen LogP contribution in [-0.4, -0.2) is 16.0 Å². The Morgan fingerprint density at radius 3 is 2.54 bits per heavy atom. The molecule has 140 valence electrons. The minimum Gasteiger partial charge on any atom is -0.457 e. The van der Waals surface area contributed by atoms with Gasteiger partial charge in [-0.3, -0.25) is 14.5 Å². The van der Waals surface area contributed by atoms with E-state index in [0.717, 1.165) is 26.5 Å². The molecule has 0 spiro atoms. The van der Waals surface area contributed by atoms with Gasteiger partial charge in [0.2, 0.25) is 0 Å². The second-order valence-corrected chi connectivity index (χ2v) is 8.72. The molecule has 0 aliphatic carbocycles. The van der Waals surface area contributed by atoms with E-state index < -0.39 is 0 Å². The molecular weight excluding hydrogens is 509 g/mol. The third-order valence-corrected chi connectivity index (χ3v) is 6.12. The van der Waals surface area contributed by atoms with Crippen molar-refractivity contribution in [2.24, 2.45) is 0 Å². The molecule has 3 aromatic rings. The topological polar surface area (TPSA) is 50.5 Å². The van der Waals surface area contributed by atoms with Gasteiger partial charge in [0.1, 0.15) is 11.5 Å². The number of rotatable bonds is 4. The molecule has 28 heavy (non-hydrogen) atoms. The fraction of sp³-hybridized carbons (Fsp3) is 0.0476. The Bertz CT molecular complexity index is 1090. The van der Waals surface area contributed by atoms with Crippen molar-refractivity contribution in [3.8, 4) is 11.3 Å². The number of thioether (sulfide) groups is 1. The van der Waals surface area contributed by atoms with Crippen LogP contribution >= 0.6 is 46.0 Å². The lowest BCUT2D eigenvalue weighted by molar-refractivity contribution is -0.123. The SMILES string of the molecule is O=C1S/C(=C\c2ccc(-c3ccccc3Cl)o2)C(=O)N1Cc1ccc(I)cc1. The first kappa shape index (κ1) is 19.3. The first-order valence-electron chi connectivity index (χ1n) is 8.36. The molecule has 4 nitrogen and oxygen atoms in total. The highest BCUT2D eigenvalue weighted by Gasteiger charge is 2.35. The summed E-state index contributed by atoms with van der Waals surface area (Å²) in [6, 6.07) is 18.6. The summed E-state index contributed by atoms with van der Waals surface area (Å²) in [5, 5.41) is 0.300. The Hall–Kier alpha value is -2.03. The molecule has 1 fully saturated rings. The van der Waals surface area contributed by atoms with Crippen molar-refractivity contribution in [2.45, 2.75) is 6.54 Å².